The molecule has 0 aromatic rings. The Morgan fingerprint density at radius 2 is 2.20 bits per heavy atom. The van der Waals surface area contributed by atoms with Crippen LogP contribution in [0.5, 0.6) is 0 Å². The van der Waals surface area contributed by atoms with E-state index in [-0.39, 0.29) is 39.7 Å². The molecule has 1 heterocycles. The summed E-state index contributed by atoms with van der Waals surface area (Å²) in [6, 6.07) is 0. The third-order valence-corrected chi connectivity index (χ3v) is 2.13. The minimum absolute atomic E-state index is 0. The zero-order chi connectivity index (χ0) is 9.52. The summed E-state index contributed by atoms with van der Waals surface area (Å²) in [5.74, 6) is 0.667. The number of carbonyl (C=O) groups is 1. The van der Waals surface area contributed by atoms with E-state index < -0.39 is 0 Å². The summed E-state index contributed by atoms with van der Waals surface area (Å²) in [6.07, 6.45) is 0.527. The topological polar surface area (TPSA) is 53.5 Å². The van der Waals surface area contributed by atoms with Gasteiger partial charge in [-0.25, -0.2) is 0 Å². The predicted molar refractivity (Wildman–Crippen MR) is 77.2 cm³/mol. The first-order chi connectivity index (χ1) is 6.34. The number of halogens is 3. The molecule has 1 aliphatic rings. The fourth-order valence-corrected chi connectivity index (χ4v) is 1.38. The van der Waals surface area contributed by atoms with Crippen molar-refractivity contribution in [3.63, 3.8) is 0 Å². The van der Waals surface area contributed by atoms with Crippen LogP contribution >= 0.6 is 49.9 Å². The Balaban J connectivity index is 0. The molecule has 0 bridgehead atoms. The fraction of sp³-hybridized carbons (Fsp3) is 0.750. The van der Waals surface area contributed by atoms with Crippen LogP contribution in [0, 0.1) is 0 Å². The maximum absolute atomic E-state index is 11.4. The summed E-state index contributed by atoms with van der Waals surface area (Å²) >= 11 is 3.30. The van der Waals surface area contributed by atoms with Crippen LogP contribution in [0.1, 0.15) is 6.42 Å². The van der Waals surface area contributed by atoms with Crippen molar-refractivity contribution in [2.45, 2.75) is 6.42 Å². The highest BCUT2D eigenvalue weighted by Crippen LogP contribution is 1.90. The van der Waals surface area contributed by atoms with Gasteiger partial charge in [-0.15, -0.1) is 34.0 Å². The van der Waals surface area contributed by atoms with Crippen molar-refractivity contribution in [2.24, 2.45) is 4.99 Å². The van der Waals surface area contributed by atoms with Gasteiger partial charge in [-0.05, 0) is 0 Å². The second-order valence-electron chi connectivity index (χ2n) is 2.77. The van der Waals surface area contributed by atoms with Crippen molar-refractivity contribution in [2.75, 3.05) is 31.5 Å². The molecule has 0 aromatic carbocycles. The summed E-state index contributed by atoms with van der Waals surface area (Å²) < 4.78 is 0. The number of amidine groups is 1. The van der Waals surface area contributed by atoms with Crippen LogP contribution in [0.3, 0.4) is 0 Å². The van der Waals surface area contributed by atoms with Gasteiger partial charge in [0.2, 0.25) is 0 Å². The fourth-order valence-electron chi connectivity index (χ4n) is 1.10. The first kappa shape index (κ1) is 17.9. The highest BCUT2D eigenvalue weighted by Gasteiger charge is 2.13. The zero-order valence-corrected chi connectivity index (χ0v) is 13.3. The first-order valence-corrected chi connectivity index (χ1v) is 5.55. The van der Waals surface area contributed by atoms with Crippen molar-refractivity contribution < 1.29 is 4.79 Å². The van der Waals surface area contributed by atoms with Gasteiger partial charge in [-0.1, -0.05) is 15.9 Å². The van der Waals surface area contributed by atoms with E-state index in [9.17, 15) is 4.79 Å². The number of nitrogens with zero attached hydrogens (tertiary/aromatic N) is 1. The van der Waals surface area contributed by atoms with Crippen molar-refractivity contribution in [3.8, 4) is 0 Å². The van der Waals surface area contributed by atoms with Crippen LogP contribution in [0.4, 0.5) is 0 Å². The average Bonchev–Trinajstić information content (AvgIpc) is 2.65. The van der Waals surface area contributed by atoms with Gasteiger partial charge in [0, 0.05) is 31.4 Å². The minimum atomic E-state index is 0. The van der Waals surface area contributed by atoms with E-state index in [1.165, 1.54) is 0 Å². The molecule has 0 fully saturated rings. The van der Waals surface area contributed by atoms with Crippen LogP contribution in [-0.2, 0) is 4.79 Å². The minimum Gasteiger partial charge on any atom is -0.366 e. The van der Waals surface area contributed by atoms with Gasteiger partial charge in [-0.2, -0.15) is 0 Å². The molecule has 2 N–H and O–H groups in total. The van der Waals surface area contributed by atoms with E-state index in [2.05, 4.69) is 31.6 Å². The second-order valence-corrected chi connectivity index (χ2v) is 3.56. The molecule has 0 atom stereocenters. The number of aliphatic imine (C=N–C) groups is 1. The van der Waals surface area contributed by atoms with Crippen LogP contribution < -0.4 is 10.6 Å². The van der Waals surface area contributed by atoms with Gasteiger partial charge in [0.1, 0.15) is 0 Å². The van der Waals surface area contributed by atoms with E-state index in [1.54, 1.807) is 0 Å². The third kappa shape index (κ3) is 7.43. The Hall–Kier alpha value is 0.540. The van der Waals surface area contributed by atoms with Gasteiger partial charge in [0.25, 0.3) is 0 Å². The van der Waals surface area contributed by atoms with Crippen molar-refractivity contribution in [1.82, 2.24) is 10.6 Å². The third-order valence-electron chi connectivity index (χ3n) is 1.74. The maximum Gasteiger partial charge on any atom is 0.198 e. The van der Waals surface area contributed by atoms with Gasteiger partial charge in [-0.3, -0.25) is 9.79 Å². The van der Waals surface area contributed by atoms with Crippen LogP contribution in [0.25, 0.3) is 0 Å². The lowest BCUT2D eigenvalue weighted by Crippen LogP contribution is -2.30. The monoisotopic (exact) mass is 407 g/mol. The number of alkyl halides is 1. The molecule has 0 aromatic heterocycles. The number of Topliss-reactive ketones (excluding diaryl/α,β-unsaturated/α-hetero) is 1. The zero-order valence-electron chi connectivity index (χ0n) is 8.29. The van der Waals surface area contributed by atoms with E-state index >= 15 is 0 Å². The van der Waals surface area contributed by atoms with E-state index in [0.29, 0.717) is 12.3 Å². The molecule has 0 spiro atoms. The summed E-state index contributed by atoms with van der Waals surface area (Å²) in [6.45, 7) is 3.16. The number of hydrogen-bond acceptors (Lipinski definition) is 4. The molecule has 0 aliphatic carbocycles. The maximum atomic E-state index is 11.4. The molecule has 0 radical (unpaired) electrons. The van der Waals surface area contributed by atoms with Crippen LogP contribution in [-0.4, -0.2) is 43.1 Å². The Morgan fingerprint density at radius 3 is 2.73 bits per heavy atom. The van der Waals surface area contributed by atoms with Gasteiger partial charge >= 0.3 is 0 Å². The first-order valence-electron chi connectivity index (χ1n) is 4.43. The predicted octanol–water partition coefficient (Wildman–Crippen LogP) is 1.09. The highest BCUT2D eigenvalue weighted by molar-refractivity contribution is 9.09. The number of hydrogen-bond donors (Lipinski definition) is 2. The Kier molecular flexibility index (Phi) is 13.2. The molecule has 4 nitrogen and oxygen atoms in total. The lowest BCUT2D eigenvalue weighted by molar-refractivity contribution is -0.113. The molecule has 0 saturated carbocycles. The lowest BCUT2D eigenvalue weighted by atomic mass is 10.2. The summed E-state index contributed by atoms with van der Waals surface area (Å²) in [5.41, 5.74) is 0. The van der Waals surface area contributed by atoms with Gasteiger partial charge < -0.3 is 10.6 Å². The Morgan fingerprint density at radius 1 is 1.47 bits per heavy atom. The van der Waals surface area contributed by atoms with Gasteiger partial charge in [0.05, 0.1) is 6.54 Å². The number of ketones is 1. The normalized spacial score (nSPS) is 13.3. The van der Waals surface area contributed by atoms with Crippen LogP contribution in [0.2, 0.25) is 0 Å². The number of rotatable bonds is 6. The summed E-state index contributed by atoms with van der Waals surface area (Å²) in [5, 5.41) is 7.02. The molecular weight excluding hydrogens is 394 g/mol. The molecular formula is C8H16Br3N3O. The molecule has 90 valence electrons. The smallest absolute Gasteiger partial charge is 0.198 e. The van der Waals surface area contributed by atoms with Crippen molar-refractivity contribution in [3.05, 3.63) is 0 Å². The molecule has 0 saturated heterocycles. The van der Waals surface area contributed by atoms with Crippen molar-refractivity contribution >= 4 is 61.5 Å². The Labute approximate surface area is 119 Å². The highest BCUT2D eigenvalue weighted by atomic mass is 79.9. The van der Waals surface area contributed by atoms with E-state index in [1.807, 2.05) is 0 Å². The largest absolute Gasteiger partial charge is 0.366 e. The Bertz CT molecular complexity index is 211. The SMILES string of the molecule is Br.Br.O=C(CCNCCBr)C1=NCCN1. The molecule has 1 aliphatic heterocycles. The van der Waals surface area contributed by atoms with E-state index in [0.717, 1.165) is 31.5 Å². The standard InChI is InChI=1S/C8H14BrN3O.2BrH/c9-2-4-10-3-1-7(13)8-11-5-6-12-8;;/h10H,1-6H2,(H,11,12);2*1H. The van der Waals surface area contributed by atoms with Crippen molar-refractivity contribution in [1.29, 1.82) is 0 Å². The summed E-state index contributed by atoms with van der Waals surface area (Å²) in [4.78, 5) is 15.4. The molecule has 15 heavy (non-hydrogen) atoms. The number of carbonyl (C=O) groups excluding carboxylic acids is 1. The number of nitrogens with one attached hydrogen (secondary N) is 2. The molecule has 0 amide bonds. The lowest BCUT2D eigenvalue weighted by Gasteiger charge is -2.02. The summed E-state index contributed by atoms with van der Waals surface area (Å²) in [7, 11) is 0. The van der Waals surface area contributed by atoms with E-state index in [4.69, 9.17) is 0 Å². The molecule has 7 heteroatoms. The molecule has 0 unspecified atom stereocenters. The average molecular weight is 410 g/mol. The second kappa shape index (κ2) is 11.0. The van der Waals surface area contributed by atoms with Gasteiger partial charge in [0.15, 0.2) is 11.6 Å². The van der Waals surface area contributed by atoms with Crippen LogP contribution in [0.15, 0.2) is 4.99 Å². The quantitative estimate of drug-likeness (QED) is 0.510. The molecule has 1 rings (SSSR count).